The van der Waals surface area contributed by atoms with Crippen LogP contribution in [0.1, 0.15) is 70.8 Å². The van der Waals surface area contributed by atoms with E-state index in [2.05, 4.69) is 19.1 Å². The van der Waals surface area contributed by atoms with E-state index in [1.807, 2.05) is 25.1 Å². The smallest absolute Gasteiger partial charge is 0.157 e. The van der Waals surface area contributed by atoms with Crippen molar-refractivity contribution in [3.8, 4) is 16.9 Å². The molecule has 176 valence electrons. The lowest BCUT2D eigenvalue weighted by atomic mass is 10.0. The van der Waals surface area contributed by atoms with Gasteiger partial charge in [0.25, 0.3) is 0 Å². The quantitative estimate of drug-likeness (QED) is 0.300. The number of unbranched alkanes of at least 4 members (excludes halogenated alkanes) is 4. The fourth-order valence-corrected chi connectivity index (χ4v) is 4.13. The van der Waals surface area contributed by atoms with Crippen molar-refractivity contribution >= 4 is 0 Å². The first kappa shape index (κ1) is 24.7. The number of hydrogen-bond donors (Lipinski definition) is 0. The van der Waals surface area contributed by atoms with E-state index in [-0.39, 0.29) is 12.1 Å². The van der Waals surface area contributed by atoms with E-state index in [1.54, 1.807) is 6.07 Å². The van der Waals surface area contributed by atoms with Gasteiger partial charge in [-0.15, -0.1) is 0 Å². The third-order valence-corrected chi connectivity index (χ3v) is 6.10. The number of ether oxygens (including phenoxy) is 3. The van der Waals surface area contributed by atoms with Gasteiger partial charge in [-0.2, -0.15) is 0 Å². The van der Waals surface area contributed by atoms with Gasteiger partial charge in [0.2, 0.25) is 0 Å². The maximum atomic E-state index is 14.5. The van der Waals surface area contributed by atoms with Crippen molar-refractivity contribution < 1.29 is 18.6 Å². The highest BCUT2D eigenvalue weighted by Crippen LogP contribution is 2.27. The monoisotopic (exact) mass is 442 g/mol. The topological polar surface area (TPSA) is 27.7 Å². The summed E-state index contributed by atoms with van der Waals surface area (Å²) in [6.07, 6.45) is 10.3. The Labute approximate surface area is 193 Å². The molecule has 32 heavy (non-hydrogen) atoms. The van der Waals surface area contributed by atoms with Crippen LogP contribution in [-0.4, -0.2) is 26.1 Å². The van der Waals surface area contributed by atoms with E-state index in [4.69, 9.17) is 14.2 Å². The first-order valence-electron chi connectivity index (χ1n) is 12.4. The molecule has 0 unspecified atom stereocenters. The lowest BCUT2D eigenvalue weighted by Crippen LogP contribution is -2.32. The molecule has 1 saturated heterocycles. The summed E-state index contributed by atoms with van der Waals surface area (Å²) in [6, 6.07) is 13.2. The van der Waals surface area contributed by atoms with Crippen LogP contribution in [0.2, 0.25) is 0 Å². The Morgan fingerprint density at radius 1 is 0.875 bits per heavy atom. The van der Waals surface area contributed by atoms with E-state index in [1.165, 1.54) is 50.2 Å². The van der Waals surface area contributed by atoms with Crippen molar-refractivity contribution in [1.29, 1.82) is 0 Å². The third kappa shape index (κ3) is 7.90. The van der Waals surface area contributed by atoms with Gasteiger partial charge in [-0.1, -0.05) is 70.2 Å². The minimum atomic E-state index is -0.254. The first-order chi connectivity index (χ1) is 15.7. The summed E-state index contributed by atoms with van der Waals surface area (Å²) in [5, 5.41) is 0. The molecule has 1 heterocycles. The van der Waals surface area contributed by atoms with Gasteiger partial charge in [0.15, 0.2) is 6.29 Å². The number of aryl methyl sites for hydroxylation is 1. The van der Waals surface area contributed by atoms with Crippen LogP contribution >= 0.6 is 0 Å². The molecule has 0 bridgehead atoms. The van der Waals surface area contributed by atoms with Crippen molar-refractivity contribution in [1.82, 2.24) is 0 Å². The summed E-state index contributed by atoms with van der Waals surface area (Å²) in [7, 11) is 0. The molecule has 0 aliphatic carbocycles. The molecule has 0 saturated carbocycles. The zero-order valence-corrected chi connectivity index (χ0v) is 19.8. The van der Waals surface area contributed by atoms with E-state index < -0.39 is 0 Å². The number of rotatable bonds is 13. The zero-order chi connectivity index (χ0) is 22.6. The molecule has 0 aromatic heterocycles. The van der Waals surface area contributed by atoms with E-state index in [0.29, 0.717) is 23.8 Å². The average Bonchev–Trinajstić information content (AvgIpc) is 2.82. The fraction of sp³-hybridized carbons (Fsp3) is 0.571. The second-order valence-corrected chi connectivity index (χ2v) is 8.89. The Morgan fingerprint density at radius 2 is 1.62 bits per heavy atom. The molecule has 0 N–H and O–H groups in total. The summed E-state index contributed by atoms with van der Waals surface area (Å²) < 4.78 is 31.9. The van der Waals surface area contributed by atoms with Gasteiger partial charge in [0, 0.05) is 24.0 Å². The van der Waals surface area contributed by atoms with Gasteiger partial charge in [0.05, 0.1) is 19.8 Å². The van der Waals surface area contributed by atoms with Crippen molar-refractivity contribution in [3.63, 3.8) is 0 Å². The van der Waals surface area contributed by atoms with Gasteiger partial charge in [-0.3, -0.25) is 0 Å². The summed E-state index contributed by atoms with van der Waals surface area (Å²) >= 11 is 0. The number of hydrogen-bond acceptors (Lipinski definition) is 3. The molecule has 0 atom stereocenters. The van der Waals surface area contributed by atoms with Crippen LogP contribution in [0.3, 0.4) is 0 Å². The van der Waals surface area contributed by atoms with Crippen LogP contribution in [0, 0.1) is 11.7 Å². The Kier molecular flexibility index (Phi) is 10.5. The first-order valence-corrected chi connectivity index (χ1v) is 12.4. The van der Waals surface area contributed by atoms with Crippen LogP contribution in [0.5, 0.6) is 5.75 Å². The van der Waals surface area contributed by atoms with Crippen molar-refractivity contribution in [2.24, 2.45) is 5.92 Å². The predicted molar refractivity (Wildman–Crippen MR) is 129 cm³/mol. The van der Waals surface area contributed by atoms with Gasteiger partial charge < -0.3 is 14.2 Å². The standard InChI is InChI=1S/C28H39FO3/c1-3-5-6-7-8-9-23-20-31-28(32-21-23)17-12-22-10-13-24(14-11-22)26-16-15-25(19-27(26)29)30-18-4-2/h10-11,13-16,19,23,28H,3-9,12,17-18,20-21H2,1-2H3. The van der Waals surface area contributed by atoms with Gasteiger partial charge in [-0.25, -0.2) is 4.39 Å². The molecule has 1 aliphatic heterocycles. The Bertz CT molecular complexity index is 782. The van der Waals surface area contributed by atoms with Gasteiger partial charge >= 0.3 is 0 Å². The molecule has 0 radical (unpaired) electrons. The molecule has 3 nitrogen and oxygen atoms in total. The molecule has 2 aromatic carbocycles. The molecular weight excluding hydrogens is 403 g/mol. The maximum Gasteiger partial charge on any atom is 0.157 e. The SMILES string of the molecule is CCCCCCCC1COC(CCc2ccc(-c3ccc(OCCC)cc3F)cc2)OC1. The second kappa shape index (κ2) is 13.6. The highest BCUT2D eigenvalue weighted by Gasteiger charge is 2.21. The molecule has 0 spiro atoms. The van der Waals surface area contributed by atoms with E-state index in [9.17, 15) is 4.39 Å². The van der Waals surface area contributed by atoms with Crippen LogP contribution in [-0.2, 0) is 15.9 Å². The molecular formula is C28H39FO3. The Hall–Kier alpha value is -1.91. The number of benzene rings is 2. The Balaban J connectivity index is 1.40. The van der Waals surface area contributed by atoms with E-state index >= 15 is 0 Å². The Morgan fingerprint density at radius 3 is 2.31 bits per heavy atom. The van der Waals surface area contributed by atoms with Crippen molar-refractivity contribution in [2.45, 2.75) is 77.9 Å². The maximum absolute atomic E-state index is 14.5. The fourth-order valence-electron chi connectivity index (χ4n) is 4.13. The summed E-state index contributed by atoms with van der Waals surface area (Å²) in [5.74, 6) is 0.868. The van der Waals surface area contributed by atoms with Crippen LogP contribution < -0.4 is 4.74 Å². The van der Waals surface area contributed by atoms with Gasteiger partial charge in [-0.05, 0) is 42.5 Å². The molecule has 1 aliphatic rings. The zero-order valence-electron chi connectivity index (χ0n) is 19.8. The van der Waals surface area contributed by atoms with Crippen LogP contribution in [0.4, 0.5) is 4.39 Å². The second-order valence-electron chi connectivity index (χ2n) is 8.89. The van der Waals surface area contributed by atoms with Crippen LogP contribution in [0.15, 0.2) is 42.5 Å². The summed E-state index contributed by atoms with van der Waals surface area (Å²) in [6.45, 7) is 6.51. The largest absolute Gasteiger partial charge is 0.494 e. The lowest BCUT2D eigenvalue weighted by Gasteiger charge is -2.29. The van der Waals surface area contributed by atoms with Gasteiger partial charge in [0.1, 0.15) is 11.6 Å². The number of halogens is 1. The minimum Gasteiger partial charge on any atom is -0.494 e. The predicted octanol–water partition coefficient (Wildman–Crippen LogP) is 7.56. The molecule has 1 fully saturated rings. The molecule has 0 amide bonds. The van der Waals surface area contributed by atoms with Crippen molar-refractivity contribution in [3.05, 3.63) is 53.8 Å². The van der Waals surface area contributed by atoms with Crippen molar-refractivity contribution in [2.75, 3.05) is 19.8 Å². The minimum absolute atomic E-state index is 0.112. The molecule has 4 heteroatoms. The lowest BCUT2D eigenvalue weighted by molar-refractivity contribution is -0.203. The van der Waals surface area contributed by atoms with E-state index in [0.717, 1.165) is 38.0 Å². The normalized spacial score (nSPS) is 18.6. The average molecular weight is 443 g/mol. The molecule has 3 rings (SSSR count). The highest BCUT2D eigenvalue weighted by atomic mass is 19.1. The summed E-state index contributed by atoms with van der Waals surface area (Å²) in [5.41, 5.74) is 2.68. The van der Waals surface area contributed by atoms with Crippen LogP contribution in [0.25, 0.3) is 11.1 Å². The summed E-state index contributed by atoms with van der Waals surface area (Å²) in [4.78, 5) is 0. The highest BCUT2D eigenvalue weighted by molar-refractivity contribution is 5.65. The third-order valence-electron chi connectivity index (χ3n) is 6.10. The molecule has 2 aromatic rings.